The van der Waals surface area contributed by atoms with Crippen LogP contribution in [0.2, 0.25) is 0 Å². The van der Waals surface area contributed by atoms with E-state index in [4.69, 9.17) is 4.74 Å². The number of aliphatic carboxylic acids is 1. The third kappa shape index (κ3) is 4.11. The Hall–Kier alpha value is -2.67. The van der Waals surface area contributed by atoms with Gasteiger partial charge in [-0.1, -0.05) is 12.2 Å². The first-order chi connectivity index (χ1) is 12.6. The number of carbonyl (C=O) groups is 3. The zero-order chi connectivity index (χ0) is 18.5. The van der Waals surface area contributed by atoms with E-state index in [0.29, 0.717) is 50.4 Å². The number of anilines is 1. The maximum absolute atomic E-state index is 12.4. The van der Waals surface area contributed by atoms with Crippen LogP contribution in [-0.2, 0) is 14.3 Å². The van der Waals surface area contributed by atoms with Gasteiger partial charge in [-0.25, -0.2) is 0 Å². The molecule has 1 heterocycles. The summed E-state index contributed by atoms with van der Waals surface area (Å²) in [6.45, 7) is 2.21. The Morgan fingerprint density at radius 3 is 2.23 bits per heavy atom. The van der Waals surface area contributed by atoms with Crippen molar-refractivity contribution in [3.8, 4) is 0 Å². The van der Waals surface area contributed by atoms with Gasteiger partial charge in [0.25, 0.3) is 5.91 Å². The van der Waals surface area contributed by atoms with Crippen LogP contribution in [0.1, 0.15) is 23.2 Å². The van der Waals surface area contributed by atoms with Gasteiger partial charge in [0.05, 0.1) is 19.1 Å². The number of nitrogens with zero attached hydrogens (tertiary/aromatic N) is 1. The first-order valence-corrected chi connectivity index (χ1v) is 8.70. The van der Waals surface area contributed by atoms with E-state index in [1.807, 2.05) is 6.08 Å². The fourth-order valence-electron chi connectivity index (χ4n) is 3.24. The van der Waals surface area contributed by atoms with Gasteiger partial charge in [-0.05, 0) is 37.1 Å². The van der Waals surface area contributed by atoms with Crippen LogP contribution in [0.25, 0.3) is 0 Å². The summed E-state index contributed by atoms with van der Waals surface area (Å²) in [5.41, 5.74) is 1.07. The van der Waals surface area contributed by atoms with Crippen LogP contribution < -0.4 is 10.4 Å². The quantitative estimate of drug-likeness (QED) is 0.788. The third-order valence-corrected chi connectivity index (χ3v) is 4.77. The zero-order valence-electron chi connectivity index (χ0n) is 14.3. The van der Waals surface area contributed by atoms with Crippen molar-refractivity contribution < 1.29 is 24.2 Å². The normalized spacial score (nSPS) is 22.7. The minimum Gasteiger partial charge on any atom is -0.550 e. The van der Waals surface area contributed by atoms with Crippen molar-refractivity contribution in [2.45, 2.75) is 12.8 Å². The van der Waals surface area contributed by atoms with Crippen molar-refractivity contribution in [1.82, 2.24) is 4.90 Å². The molecule has 0 spiro atoms. The lowest BCUT2D eigenvalue weighted by Gasteiger charge is -2.28. The van der Waals surface area contributed by atoms with Crippen molar-refractivity contribution in [2.75, 3.05) is 31.6 Å². The Bertz CT molecular complexity index is 707. The number of carboxylic acid groups (broad SMARTS) is 1. The number of rotatable bonds is 4. The molecule has 1 N–H and O–H groups in total. The predicted molar refractivity (Wildman–Crippen MR) is 92.2 cm³/mol. The molecule has 0 saturated carbocycles. The van der Waals surface area contributed by atoms with Gasteiger partial charge < -0.3 is 24.9 Å². The average molecular weight is 357 g/mol. The molecule has 0 aromatic heterocycles. The van der Waals surface area contributed by atoms with E-state index in [-0.39, 0.29) is 11.8 Å². The smallest absolute Gasteiger partial charge is 0.254 e. The molecule has 0 bridgehead atoms. The van der Waals surface area contributed by atoms with Gasteiger partial charge >= 0.3 is 0 Å². The maximum atomic E-state index is 12.4. The highest BCUT2D eigenvalue weighted by molar-refractivity contribution is 5.97. The molecular formula is C19H21N2O5-. The summed E-state index contributed by atoms with van der Waals surface area (Å²) in [5.74, 6) is -3.10. The number of ether oxygens (including phenoxy) is 1. The van der Waals surface area contributed by atoms with E-state index in [2.05, 4.69) is 5.32 Å². The van der Waals surface area contributed by atoms with Gasteiger partial charge in [0.2, 0.25) is 5.91 Å². The van der Waals surface area contributed by atoms with E-state index in [1.165, 1.54) is 0 Å². The second-order valence-corrected chi connectivity index (χ2v) is 6.45. The van der Waals surface area contributed by atoms with Gasteiger partial charge in [-0.2, -0.15) is 0 Å². The SMILES string of the molecule is O=C(Nc1ccc(C(=O)N2CCOCC2)cc1)[C@H]1CC=CC[C@H]1C(=O)[O-]. The Morgan fingerprint density at radius 2 is 1.62 bits per heavy atom. The molecule has 138 valence electrons. The van der Waals surface area contributed by atoms with Crippen molar-refractivity contribution in [3.63, 3.8) is 0 Å². The fourth-order valence-corrected chi connectivity index (χ4v) is 3.24. The molecule has 26 heavy (non-hydrogen) atoms. The average Bonchev–Trinajstić information content (AvgIpc) is 2.68. The Morgan fingerprint density at radius 1 is 1.00 bits per heavy atom. The molecule has 7 heteroatoms. The van der Waals surface area contributed by atoms with Crippen molar-refractivity contribution >= 4 is 23.5 Å². The van der Waals surface area contributed by atoms with Crippen molar-refractivity contribution in [1.29, 1.82) is 0 Å². The molecule has 2 atom stereocenters. The number of morpholine rings is 1. The highest BCUT2D eigenvalue weighted by Gasteiger charge is 2.29. The summed E-state index contributed by atoms with van der Waals surface area (Å²) in [6, 6.07) is 6.62. The van der Waals surface area contributed by atoms with Crippen LogP contribution in [0, 0.1) is 11.8 Å². The molecule has 2 aliphatic rings. The first-order valence-electron chi connectivity index (χ1n) is 8.70. The van der Waals surface area contributed by atoms with Crippen molar-refractivity contribution in [2.24, 2.45) is 11.8 Å². The topological polar surface area (TPSA) is 98.8 Å². The molecule has 1 aliphatic heterocycles. The standard InChI is InChI=1S/C19H22N2O5/c22-17(15-3-1-2-4-16(15)19(24)25)20-14-7-5-13(6-8-14)18(23)21-9-11-26-12-10-21/h1-2,5-8,15-16H,3-4,9-12H2,(H,20,22)(H,24,25)/p-1/t15-,16+/m0/s1. The van der Waals surface area contributed by atoms with E-state index < -0.39 is 17.8 Å². The molecule has 0 radical (unpaired) electrons. The minimum atomic E-state index is -1.21. The third-order valence-electron chi connectivity index (χ3n) is 4.77. The maximum Gasteiger partial charge on any atom is 0.254 e. The molecule has 0 unspecified atom stereocenters. The Labute approximate surface area is 151 Å². The first kappa shape index (κ1) is 18.1. The van der Waals surface area contributed by atoms with Crippen LogP contribution in [0.15, 0.2) is 36.4 Å². The van der Waals surface area contributed by atoms with Crippen LogP contribution >= 0.6 is 0 Å². The van der Waals surface area contributed by atoms with Crippen LogP contribution in [0.5, 0.6) is 0 Å². The molecular weight excluding hydrogens is 336 g/mol. The number of hydrogen-bond acceptors (Lipinski definition) is 5. The highest BCUT2D eigenvalue weighted by Crippen LogP contribution is 2.26. The largest absolute Gasteiger partial charge is 0.550 e. The number of nitrogens with one attached hydrogen (secondary N) is 1. The molecule has 1 aliphatic carbocycles. The Balaban J connectivity index is 1.63. The van der Waals surface area contributed by atoms with Gasteiger partial charge in [-0.15, -0.1) is 0 Å². The van der Waals surface area contributed by atoms with E-state index in [1.54, 1.807) is 35.2 Å². The zero-order valence-corrected chi connectivity index (χ0v) is 14.3. The lowest BCUT2D eigenvalue weighted by molar-refractivity contribution is -0.313. The van der Waals surface area contributed by atoms with Gasteiger partial charge in [0.15, 0.2) is 0 Å². The van der Waals surface area contributed by atoms with Crippen LogP contribution in [0.4, 0.5) is 5.69 Å². The molecule has 2 amide bonds. The fraction of sp³-hybridized carbons (Fsp3) is 0.421. The van der Waals surface area contributed by atoms with Crippen LogP contribution in [-0.4, -0.2) is 49.0 Å². The van der Waals surface area contributed by atoms with Crippen LogP contribution in [0.3, 0.4) is 0 Å². The molecule has 1 saturated heterocycles. The second-order valence-electron chi connectivity index (χ2n) is 6.45. The number of carboxylic acids is 1. The summed E-state index contributed by atoms with van der Waals surface area (Å²) < 4.78 is 5.24. The lowest BCUT2D eigenvalue weighted by atomic mass is 9.82. The number of benzene rings is 1. The van der Waals surface area contributed by atoms with Gasteiger partial charge in [0, 0.05) is 36.2 Å². The van der Waals surface area contributed by atoms with Gasteiger partial charge in [-0.3, -0.25) is 9.59 Å². The highest BCUT2D eigenvalue weighted by atomic mass is 16.5. The summed E-state index contributed by atoms with van der Waals surface area (Å²) in [6.07, 6.45) is 4.25. The monoisotopic (exact) mass is 357 g/mol. The summed E-state index contributed by atoms with van der Waals surface area (Å²) >= 11 is 0. The predicted octanol–water partition coefficient (Wildman–Crippen LogP) is 0.430. The van der Waals surface area contributed by atoms with E-state index in [9.17, 15) is 19.5 Å². The summed E-state index contributed by atoms with van der Waals surface area (Å²) in [4.78, 5) is 37.8. The number of amides is 2. The molecule has 1 aromatic carbocycles. The molecule has 3 rings (SSSR count). The second kappa shape index (κ2) is 8.14. The molecule has 1 aromatic rings. The van der Waals surface area contributed by atoms with E-state index in [0.717, 1.165) is 0 Å². The minimum absolute atomic E-state index is 0.0689. The Kier molecular flexibility index (Phi) is 5.68. The van der Waals surface area contributed by atoms with E-state index >= 15 is 0 Å². The number of hydrogen-bond donors (Lipinski definition) is 1. The molecule has 1 fully saturated rings. The van der Waals surface area contributed by atoms with Crippen molar-refractivity contribution in [3.05, 3.63) is 42.0 Å². The number of carbonyl (C=O) groups excluding carboxylic acids is 3. The lowest BCUT2D eigenvalue weighted by Crippen LogP contribution is -2.41. The molecule has 7 nitrogen and oxygen atoms in total. The number of allylic oxidation sites excluding steroid dienone is 2. The summed E-state index contributed by atoms with van der Waals surface area (Å²) in [5, 5.41) is 13.9. The van der Waals surface area contributed by atoms with Gasteiger partial charge in [0.1, 0.15) is 0 Å². The summed E-state index contributed by atoms with van der Waals surface area (Å²) in [7, 11) is 0.